The van der Waals surface area contributed by atoms with Gasteiger partial charge in [-0.2, -0.15) is 0 Å². The molecule has 0 unspecified atom stereocenters. The number of aromatic nitrogens is 4. The maximum absolute atomic E-state index is 14.4. The van der Waals surface area contributed by atoms with E-state index in [-0.39, 0.29) is 5.82 Å². The summed E-state index contributed by atoms with van der Waals surface area (Å²) in [6, 6.07) is 10.8. The third-order valence-corrected chi connectivity index (χ3v) is 5.68. The minimum absolute atomic E-state index is 0.329. The Morgan fingerprint density at radius 3 is 2.75 bits per heavy atom. The molecule has 7 nitrogen and oxygen atoms in total. The van der Waals surface area contributed by atoms with E-state index in [1.165, 1.54) is 12.1 Å². The van der Waals surface area contributed by atoms with Gasteiger partial charge in [0.25, 0.3) is 0 Å². The van der Waals surface area contributed by atoms with Crippen molar-refractivity contribution in [1.29, 1.82) is 0 Å². The van der Waals surface area contributed by atoms with Gasteiger partial charge in [0.15, 0.2) is 5.82 Å². The number of halogens is 1. The number of rotatable bonds is 5. The van der Waals surface area contributed by atoms with Crippen LogP contribution in [0, 0.1) is 5.82 Å². The first-order chi connectivity index (χ1) is 15.5. The minimum Gasteiger partial charge on any atom is -0.378 e. The molecule has 0 aliphatic carbocycles. The number of nitrogens with one attached hydrogen (secondary N) is 2. The monoisotopic (exact) mass is 432 g/mol. The van der Waals surface area contributed by atoms with Gasteiger partial charge in [0.2, 0.25) is 0 Å². The van der Waals surface area contributed by atoms with Gasteiger partial charge in [-0.15, -0.1) is 0 Å². The zero-order valence-corrected chi connectivity index (χ0v) is 18.1. The zero-order chi connectivity index (χ0) is 22.1. The molecule has 2 N–H and O–H groups in total. The van der Waals surface area contributed by atoms with Crippen LogP contribution in [0.5, 0.6) is 0 Å². The van der Waals surface area contributed by atoms with Crippen LogP contribution in [-0.4, -0.2) is 46.2 Å². The molecule has 0 amide bonds. The number of pyridine rings is 1. The van der Waals surface area contributed by atoms with Gasteiger partial charge in [0.05, 0.1) is 30.1 Å². The van der Waals surface area contributed by atoms with Gasteiger partial charge in [-0.3, -0.25) is 4.98 Å². The molecule has 5 rings (SSSR count). The largest absolute Gasteiger partial charge is 0.378 e. The molecule has 32 heavy (non-hydrogen) atoms. The number of H-pyrrole nitrogens is 1. The fourth-order valence-corrected chi connectivity index (χ4v) is 4.01. The number of hydrogen-bond donors (Lipinski definition) is 2. The molecule has 4 heterocycles. The number of fused-ring (bicyclic) bond motifs is 1. The highest BCUT2D eigenvalue weighted by Crippen LogP contribution is 2.32. The first-order valence-electron chi connectivity index (χ1n) is 10.7. The smallest absolute Gasteiger partial charge is 0.162 e. The Morgan fingerprint density at radius 2 is 1.97 bits per heavy atom. The molecule has 4 aromatic rings. The summed E-state index contributed by atoms with van der Waals surface area (Å²) >= 11 is 0. The van der Waals surface area contributed by atoms with Gasteiger partial charge in [0, 0.05) is 54.2 Å². The molecule has 3 aromatic heterocycles. The summed E-state index contributed by atoms with van der Waals surface area (Å²) in [5.74, 6) is 0.973. The second-order valence-corrected chi connectivity index (χ2v) is 8.42. The summed E-state index contributed by atoms with van der Waals surface area (Å²) in [4.78, 5) is 19.2. The van der Waals surface area contributed by atoms with E-state index in [4.69, 9.17) is 14.7 Å². The van der Waals surface area contributed by atoms with Crippen molar-refractivity contribution in [3.05, 3.63) is 66.5 Å². The Kier molecular flexibility index (Phi) is 5.22. The summed E-state index contributed by atoms with van der Waals surface area (Å²) < 4.78 is 19.9. The first kappa shape index (κ1) is 20.4. The van der Waals surface area contributed by atoms with Crippen molar-refractivity contribution in [3.8, 4) is 11.4 Å². The van der Waals surface area contributed by atoms with E-state index < -0.39 is 5.54 Å². The molecule has 1 aliphatic rings. The molecule has 1 saturated heterocycles. The van der Waals surface area contributed by atoms with Crippen LogP contribution in [0.3, 0.4) is 0 Å². The van der Waals surface area contributed by atoms with E-state index in [1.54, 1.807) is 18.6 Å². The Labute approximate surface area is 185 Å². The van der Waals surface area contributed by atoms with Crippen LogP contribution in [0.15, 0.2) is 55.0 Å². The second-order valence-electron chi connectivity index (χ2n) is 8.42. The highest BCUT2D eigenvalue weighted by Gasteiger charge is 2.26. The topological polar surface area (TPSA) is 79.0 Å². The summed E-state index contributed by atoms with van der Waals surface area (Å²) in [5, 5.41) is 4.39. The molecule has 0 atom stereocenters. The second kappa shape index (κ2) is 8.20. The number of hydrogen-bond acceptors (Lipinski definition) is 6. The highest BCUT2D eigenvalue weighted by molar-refractivity contribution is 5.93. The first-order valence-corrected chi connectivity index (χ1v) is 10.7. The summed E-state index contributed by atoms with van der Waals surface area (Å²) in [6.07, 6.45) is 5.32. The molecular weight excluding hydrogens is 407 g/mol. The third kappa shape index (κ3) is 4.01. The lowest BCUT2D eigenvalue weighted by Gasteiger charge is -2.31. The van der Waals surface area contributed by atoms with Gasteiger partial charge >= 0.3 is 0 Å². The zero-order valence-electron chi connectivity index (χ0n) is 18.1. The van der Waals surface area contributed by atoms with Gasteiger partial charge < -0.3 is 19.9 Å². The van der Waals surface area contributed by atoms with Crippen LogP contribution in [-0.2, 0) is 10.3 Å². The third-order valence-electron chi connectivity index (χ3n) is 5.68. The SMILES string of the molecule is CC(C)(Nc1cccnc1)c1cc(N2CCOCC2)nc(-c2cc(F)cc3[nH]ccc23)n1. The standard InChI is InChI=1S/C24H25FN6O/c1-24(2,30-17-4-3-6-26-15-17)21-14-22(31-8-10-32-11-9-31)29-23(28-21)19-12-16(25)13-20-18(19)5-7-27-20/h3-7,12-15,27,30H,8-11H2,1-2H3. The fraction of sp³-hybridized carbons (Fsp3) is 0.292. The molecule has 8 heteroatoms. The summed E-state index contributed by atoms with van der Waals surface area (Å²) in [7, 11) is 0. The molecule has 1 aliphatic heterocycles. The molecule has 0 spiro atoms. The van der Waals surface area contributed by atoms with E-state index in [1.807, 2.05) is 24.3 Å². The predicted octanol–water partition coefficient (Wildman–Crippen LogP) is 4.34. The predicted molar refractivity (Wildman–Crippen MR) is 123 cm³/mol. The van der Waals surface area contributed by atoms with E-state index in [0.29, 0.717) is 24.6 Å². The Hall–Kier alpha value is -3.52. The maximum atomic E-state index is 14.4. The molecule has 1 fully saturated rings. The average molecular weight is 433 g/mol. The number of morpholine rings is 1. The van der Waals surface area contributed by atoms with Gasteiger partial charge in [-0.25, -0.2) is 14.4 Å². The molecule has 1 aromatic carbocycles. The molecular formula is C24H25FN6O. The van der Waals surface area contributed by atoms with Crippen LogP contribution < -0.4 is 10.2 Å². The van der Waals surface area contributed by atoms with Crippen molar-refractivity contribution in [3.63, 3.8) is 0 Å². The maximum Gasteiger partial charge on any atom is 0.162 e. The molecule has 0 radical (unpaired) electrons. The van der Waals surface area contributed by atoms with Crippen molar-refractivity contribution in [2.75, 3.05) is 36.5 Å². The van der Waals surface area contributed by atoms with Crippen LogP contribution in [0.1, 0.15) is 19.5 Å². The van der Waals surface area contributed by atoms with E-state index >= 15 is 0 Å². The quantitative estimate of drug-likeness (QED) is 0.488. The number of ether oxygens (including phenoxy) is 1. The molecule has 0 saturated carbocycles. The van der Waals surface area contributed by atoms with Crippen molar-refractivity contribution >= 4 is 22.4 Å². The molecule has 0 bridgehead atoms. The normalized spacial score (nSPS) is 14.7. The molecule has 164 valence electrons. The van der Waals surface area contributed by atoms with E-state index in [0.717, 1.165) is 41.2 Å². The minimum atomic E-state index is -0.521. The summed E-state index contributed by atoms with van der Waals surface area (Å²) in [5.41, 5.74) is 2.56. The van der Waals surface area contributed by atoms with Crippen LogP contribution in [0.25, 0.3) is 22.3 Å². The van der Waals surface area contributed by atoms with Crippen molar-refractivity contribution in [1.82, 2.24) is 19.9 Å². The highest BCUT2D eigenvalue weighted by atomic mass is 19.1. The van der Waals surface area contributed by atoms with Crippen LogP contribution in [0.4, 0.5) is 15.9 Å². The van der Waals surface area contributed by atoms with E-state index in [2.05, 4.69) is 34.0 Å². The van der Waals surface area contributed by atoms with Crippen molar-refractivity contribution in [2.45, 2.75) is 19.4 Å². The van der Waals surface area contributed by atoms with E-state index in [9.17, 15) is 4.39 Å². The number of benzene rings is 1. The van der Waals surface area contributed by atoms with Gasteiger partial charge in [-0.1, -0.05) is 0 Å². The average Bonchev–Trinajstić information content (AvgIpc) is 3.27. The van der Waals surface area contributed by atoms with Gasteiger partial charge in [-0.05, 0) is 44.2 Å². The van der Waals surface area contributed by atoms with Crippen LogP contribution in [0.2, 0.25) is 0 Å². The Balaban J connectivity index is 1.64. The van der Waals surface area contributed by atoms with Crippen molar-refractivity contribution < 1.29 is 9.13 Å². The van der Waals surface area contributed by atoms with Crippen LogP contribution >= 0.6 is 0 Å². The number of aromatic amines is 1. The van der Waals surface area contributed by atoms with Crippen molar-refractivity contribution in [2.24, 2.45) is 0 Å². The lowest BCUT2D eigenvalue weighted by Crippen LogP contribution is -2.37. The summed E-state index contributed by atoms with van der Waals surface area (Å²) in [6.45, 7) is 6.91. The lowest BCUT2D eigenvalue weighted by molar-refractivity contribution is 0.122. The Morgan fingerprint density at radius 1 is 1.12 bits per heavy atom. The number of anilines is 2. The fourth-order valence-electron chi connectivity index (χ4n) is 4.01. The lowest BCUT2D eigenvalue weighted by atomic mass is 9.99. The Bertz CT molecular complexity index is 1230. The number of nitrogens with zero attached hydrogens (tertiary/aromatic N) is 4. The van der Waals surface area contributed by atoms with Gasteiger partial charge in [0.1, 0.15) is 11.6 Å².